The SMILES string of the molecule is Cc1ccc(NC(=O)COC(=O)C(c2ccccc2)c2ccccc2)c(C)c1. The number of carbonyl (C=O) groups excluding carboxylic acids is 2. The zero-order valence-corrected chi connectivity index (χ0v) is 16.0. The lowest BCUT2D eigenvalue weighted by Crippen LogP contribution is -2.24. The molecule has 1 N–H and O–H groups in total. The van der Waals surface area contributed by atoms with Gasteiger partial charge >= 0.3 is 5.97 Å². The van der Waals surface area contributed by atoms with Gasteiger partial charge in [-0.2, -0.15) is 0 Å². The van der Waals surface area contributed by atoms with Crippen LogP contribution < -0.4 is 5.32 Å². The second-order valence-corrected chi connectivity index (χ2v) is 6.73. The van der Waals surface area contributed by atoms with E-state index >= 15 is 0 Å². The minimum absolute atomic E-state index is 0.331. The van der Waals surface area contributed by atoms with Crippen LogP contribution in [0, 0.1) is 13.8 Å². The molecule has 0 radical (unpaired) electrons. The normalized spacial score (nSPS) is 10.5. The lowest BCUT2D eigenvalue weighted by molar-refractivity contribution is -0.147. The van der Waals surface area contributed by atoms with Crippen LogP contribution in [0.1, 0.15) is 28.2 Å². The molecule has 0 heterocycles. The van der Waals surface area contributed by atoms with E-state index < -0.39 is 11.9 Å². The molecule has 0 unspecified atom stereocenters. The summed E-state index contributed by atoms with van der Waals surface area (Å²) in [7, 11) is 0. The van der Waals surface area contributed by atoms with Crippen molar-refractivity contribution in [3.8, 4) is 0 Å². The molecule has 0 aromatic heterocycles. The van der Waals surface area contributed by atoms with Crippen molar-refractivity contribution in [1.82, 2.24) is 0 Å². The number of amides is 1. The van der Waals surface area contributed by atoms with E-state index in [0.717, 1.165) is 22.3 Å². The summed E-state index contributed by atoms with van der Waals surface area (Å²) in [5.41, 5.74) is 4.46. The van der Waals surface area contributed by atoms with Crippen molar-refractivity contribution in [1.29, 1.82) is 0 Å². The minimum atomic E-state index is -0.573. The molecule has 0 fully saturated rings. The van der Waals surface area contributed by atoms with E-state index in [0.29, 0.717) is 5.69 Å². The van der Waals surface area contributed by atoms with Crippen LogP contribution >= 0.6 is 0 Å². The van der Waals surface area contributed by atoms with Crippen LogP contribution in [0.15, 0.2) is 78.9 Å². The van der Waals surface area contributed by atoms with Gasteiger partial charge in [-0.1, -0.05) is 78.4 Å². The summed E-state index contributed by atoms with van der Waals surface area (Å²) in [6.07, 6.45) is 0. The summed E-state index contributed by atoms with van der Waals surface area (Å²) >= 11 is 0. The fourth-order valence-corrected chi connectivity index (χ4v) is 3.12. The van der Waals surface area contributed by atoms with Crippen LogP contribution in [0.25, 0.3) is 0 Å². The Morgan fingerprint density at radius 3 is 1.96 bits per heavy atom. The lowest BCUT2D eigenvalue weighted by Gasteiger charge is -2.17. The standard InChI is InChI=1S/C24H23NO3/c1-17-13-14-21(18(2)15-17)25-22(26)16-28-24(27)23(19-9-5-3-6-10-19)20-11-7-4-8-12-20/h3-15,23H,16H2,1-2H3,(H,25,26). The summed E-state index contributed by atoms with van der Waals surface area (Å²) in [6, 6.07) is 24.6. The number of esters is 1. The number of benzene rings is 3. The Morgan fingerprint density at radius 1 is 0.857 bits per heavy atom. The van der Waals surface area contributed by atoms with Gasteiger partial charge in [-0.05, 0) is 36.6 Å². The van der Waals surface area contributed by atoms with Gasteiger partial charge in [0.05, 0.1) is 0 Å². The molecule has 1 amide bonds. The van der Waals surface area contributed by atoms with Crippen LogP contribution in [0.5, 0.6) is 0 Å². The van der Waals surface area contributed by atoms with Gasteiger partial charge in [-0.3, -0.25) is 9.59 Å². The van der Waals surface area contributed by atoms with Crippen LogP contribution in [0.3, 0.4) is 0 Å². The molecule has 3 aromatic carbocycles. The fraction of sp³-hybridized carbons (Fsp3) is 0.167. The highest BCUT2D eigenvalue weighted by Crippen LogP contribution is 2.26. The number of hydrogen-bond acceptors (Lipinski definition) is 3. The van der Waals surface area contributed by atoms with Crippen LogP contribution in [0.2, 0.25) is 0 Å². The smallest absolute Gasteiger partial charge is 0.318 e. The molecule has 0 spiro atoms. The van der Waals surface area contributed by atoms with Gasteiger partial charge < -0.3 is 10.1 Å². The van der Waals surface area contributed by atoms with Gasteiger partial charge in [0.25, 0.3) is 5.91 Å². The Balaban J connectivity index is 1.69. The van der Waals surface area contributed by atoms with E-state index in [9.17, 15) is 9.59 Å². The van der Waals surface area contributed by atoms with E-state index in [1.54, 1.807) is 0 Å². The molecule has 3 rings (SSSR count). The summed E-state index contributed by atoms with van der Waals surface area (Å²) in [6.45, 7) is 3.59. The first-order valence-electron chi connectivity index (χ1n) is 9.18. The molecule has 28 heavy (non-hydrogen) atoms. The monoisotopic (exact) mass is 373 g/mol. The van der Waals surface area contributed by atoms with Crippen molar-refractivity contribution in [2.24, 2.45) is 0 Å². The minimum Gasteiger partial charge on any atom is -0.455 e. The third-order valence-electron chi connectivity index (χ3n) is 4.50. The number of carbonyl (C=O) groups is 2. The van der Waals surface area contributed by atoms with Crippen LogP contribution in [0.4, 0.5) is 5.69 Å². The topological polar surface area (TPSA) is 55.4 Å². The molecule has 0 saturated heterocycles. The molecule has 0 saturated carbocycles. The van der Waals surface area contributed by atoms with E-state index in [4.69, 9.17) is 4.74 Å². The molecule has 0 atom stereocenters. The number of anilines is 1. The van der Waals surface area contributed by atoms with Gasteiger partial charge in [0.15, 0.2) is 6.61 Å². The molecule has 3 aromatic rings. The molecule has 0 aliphatic rings. The Hall–Kier alpha value is -3.40. The molecule has 0 aliphatic carbocycles. The maximum Gasteiger partial charge on any atom is 0.318 e. The first-order valence-corrected chi connectivity index (χ1v) is 9.18. The van der Waals surface area contributed by atoms with Crippen molar-refractivity contribution < 1.29 is 14.3 Å². The van der Waals surface area contributed by atoms with Crippen LogP contribution in [-0.2, 0) is 14.3 Å². The summed E-state index contributed by atoms with van der Waals surface area (Å²) < 4.78 is 5.36. The number of hydrogen-bond donors (Lipinski definition) is 1. The molecular formula is C24H23NO3. The maximum atomic E-state index is 12.8. The Kier molecular flexibility index (Phi) is 6.22. The molecule has 142 valence electrons. The highest BCUT2D eigenvalue weighted by atomic mass is 16.5. The van der Waals surface area contributed by atoms with Gasteiger partial charge in [0.1, 0.15) is 5.92 Å². The van der Waals surface area contributed by atoms with Crippen molar-refractivity contribution in [3.05, 3.63) is 101 Å². The fourth-order valence-electron chi connectivity index (χ4n) is 3.12. The van der Waals surface area contributed by atoms with E-state index in [1.807, 2.05) is 92.7 Å². The predicted molar refractivity (Wildman–Crippen MR) is 110 cm³/mol. The highest BCUT2D eigenvalue weighted by Gasteiger charge is 2.24. The third-order valence-corrected chi connectivity index (χ3v) is 4.50. The largest absolute Gasteiger partial charge is 0.455 e. The van der Waals surface area contributed by atoms with E-state index in [1.165, 1.54) is 0 Å². The quantitative estimate of drug-likeness (QED) is 0.642. The molecule has 0 aliphatic heterocycles. The second-order valence-electron chi connectivity index (χ2n) is 6.73. The zero-order valence-electron chi connectivity index (χ0n) is 16.0. The van der Waals surface area contributed by atoms with Crippen molar-refractivity contribution >= 4 is 17.6 Å². The Labute approximate surface area is 165 Å². The maximum absolute atomic E-state index is 12.8. The molecule has 0 bridgehead atoms. The molecule has 4 nitrogen and oxygen atoms in total. The first kappa shape index (κ1) is 19.4. The number of rotatable bonds is 6. The Bertz CT molecular complexity index is 913. The van der Waals surface area contributed by atoms with Crippen molar-refractivity contribution in [2.75, 3.05) is 11.9 Å². The second kappa shape index (κ2) is 9.00. The van der Waals surface area contributed by atoms with Crippen molar-refractivity contribution in [3.63, 3.8) is 0 Å². The molecule has 4 heteroatoms. The van der Waals surface area contributed by atoms with Gasteiger partial charge in [-0.25, -0.2) is 0 Å². The predicted octanol–water partition coefficient (Wildman–Crippen LogP) is 4.62. The Morgan fingerprint density at radius 2 is 1.43 bits per heavy atom. The number of ether oxygens (including phenoxy) is 1. The summed E-state index contributed by atoms with van der Waals surface area (Å²) in [5, 5.41) is 2.80. The average Bonchev–Trinajstić information content (AvgIpc) is 2.70. The summed E-state index contributed by atoms with van der Waals surface area (Å²) in [4.78, 5) is 25.1. The van der Waals surface area contributed by atoms with Gasteiger partial charge in [0.2, 0.25) is 0 Å². The van der Waals surface area contributed by atoms with Crippen LogP contribution in [-0.4, -0.2) is 18.5 Å². The van der Waals surface area contributed by atoms with Gasteiger partial charge in [-0.15, -0.1) is 0 Å². The average molecular weight is 373 g/mol. The van der Waals surface area contributed by atoms with Gasteiger partial charge in [0, 0.05) is 5.69 Å². The van der Waals surface area contributed by atoms with E-state index in [2.05, 4.69) is 5.32 Å². The number of aryl methyl sites for hydroxylation is 2. The first-order chi connectivity index (χ1) is 13.5. The van der Waals surface area contributed by atoms with E-state index in [-0.39, 0.29) is 12.5 Å². The third kappa shape index (κ3) is 4.86. The highest BCUT2D eigenvalue weighted by molar-refractivity contribution is 5.94. The lowest BCUT2D eigenvalue weighted by atomic mass is 9.91. The molecular weight excluding hydrogens is 350 g/mol. The zero-order chi connectivity index (χ0) is 19.9. The van der Waals surface area contributed by atoms with Crippen molar-refractivity contribution in [2.45, 2.75) is 19.8 Å². The number of nitrogens with one attached hydrogen (secondary N) is 1. The summed E-state index contributed by atoms with van der Waals surface area (Å²) in [5.74, 6) is -1.38.